The Bertz CT molecular complexity index is 423. The van der Waals surface area contributed by atoms with Gasteiger partial charge in [0.15, 0.2) is 0 Å². The molecular weight excluding hydrogens is 266 g/mol. The van der Waals surface area contributed by atoms with E-state index in [0.29, 0.717) is 0 Å². The van der Waals surface area contributed by atoms with E-state index < -0.39 is 17.5 Å². The van der Waals surface area contributed by atoms with Gasteiger partial charge >= 0.3 is 6.18 Å². The lowest BCUT2D eigenvalue weighted by Gasteiger charge is -2.02. The van der Waals surface area contributed by atoms with Crippen molar-refractivity contribution in [3.05, 3.63) is 34.6 Å². The maximum absolute atomic E-state index is 12.1. The summed E-state index contributed by atoms with van der Waals surface area (Å²) in [5.74, 6) is -1.88. The molecule has 0 N–H and O–H groups in total. The zero-order valence-electron chi connectivity index (χ0n) is 7.76. The fourth-order valence-corrected chi connectivity index (χ4v) is 1.25. The van der Waals surface area contributed by atoms with Crippen LogP contribution in [-0.4, -0.2) is 16.5 Å². The SMILES string of the molecule is O=C(c1ccn(C/C(Cl)=C/Cl)c1)C(F)(F)F. The number of rotatable bonds is 3. The van der Waals surface area contributed by atoms with Crippen LogP contribution in [0.1, 0.15) is 10.4 Å². The van der Waals surface area contributed by atoms with E-state index in [1.54, 1.807) is 0 Å². The predicted octanol–water partition coefficient (Wildman–Crippen LogP) is 3.55. The number of carbonyl (C=O) groups is 1. The fraction of sp³-hybridized carbons (Fsp3) is 0.222. The summed E-state index contributed by atoms with van der Waals surface area (Å²) in [6, 6.07) is 1.08. The van der Waals surface area contributed by atoms with Crippen molar-refractivity contribution in [1.82, 2.24) is 4.57 Å². The van der Waals surface area contributed by atoms with Gasteiger partial charge in [0, 0.05) is 28.5 Å². The first-order chi connectivity index (χ1) is 7.34. The van der Waals surface area contributed by atoms with Crippen LogP contribution in [-0.2, 0) is 6.54 Å². The number of halogens is 5. The molecule has 1 rings (SSSR count). The summed E-state index contributed by atoms with van der Waals surface area (Å²) < 4.78 is 37.5. The number of Topliss-reactive ketones (excluding diaryl/α,β-unsaturated/α-hetero) is 1. The third-order valence-corrected chi connectivity index (χ3v) is 2.33. The second kappa shape index (κ2) is 4.93. The molecule has 16 heavy (non-hydrogen) atoms. The largest absolute Gasteiger partial charge is 0.454 e. The molecule has 0 saturated heterocycles. The molecule has 0 aliphatic heterocycles. The van der Waals surface area contributed by atoms with E-state index in [1.807, 2.05) is 0 Å². The van der Waals surface area contributed by atoms with Crippen LogP contribution in [0.4, 0.5) is 13.2 Å². The summed E-state index contributed by atoms with van der Waals surface area (Å²) >= 11 is 10.9. The van der Waals surface area contributed by atoms with Gasteiger partial charge in [0.2, 0.25) is 0 Å². The molecule has 1 aromatic heterocycles. The molecule has 1 aromatic rings. The Kier molecular flexibility index (Phi) is 4.04. The van der Waals surface area contributed by atoms with Gasteiger partial charge in [0.05, 0.1) is 6.54 Å². The molecule has 2 nitrogen and oxygen atoms in total. The number of allylic oxidation sites excluding steroid dienone is 1. The lowest BCUT2D eigenvalue weighted by Crippen LogP contribution is -2.22. The van der Waals surface area contributed by atoms with Crippen molar-refractivity contribution in [2.24, 2.45) is 0 Å². The molecule has 0 amide bonds. The van der Waals surface area contributed by atoms with E-state index in [9.17, 15) is 18.0 Å². The number of aromatic nitrogens is 1. The second-order valence-corrected chi connectivity index (χ2v) is 3.66. The van der Waals surface area contributed by atoms with Crippen molar-refractivity contribution in [3.8, 4) is 0 Å². The van der Waals surface area contributed by atoms with Crippen LogP contribution >= 0.6 is 23.2 Å². The lowest BCUT2D eigenvalue weighted by molar-refractivity contribution is -0.0885. The molecule has 0 aliphatic carbocycles. The highest BCUT2D eigenvalue weighted by molar-refractivity contribution is 6.36. The summed E-state index contributed by atoms with van der Waals surface area (Å²) in [5, 5.41) is 0.253. The van der Waals surface area contributed by atoms with Crippen molar-refractivity contribution in [1.29, 1.82) is 0 Å². The van der Waals surface area contributed by atoms with E-state index in [2.05, 4.69) is 0 Å². The quantitative estimate of drug-likeness (QED) is 0.771. The molecule has 7 heteroatoms. The molecule has 88 valence electrons. The molecule has 1 heterocycles. The molecule has 0 spiro atoms. The van der Waals surface area contributed by atoms with Crippen LogP contribution in [0, 0.1) is 0 Å². The molecule has 0 fully saturated rings. The Balaban J connectivity index is 2.84. The van der Waals surface area contributed by atoms with Crippen molar-refractivity contribution in [3.63, 3.8) is 0 Å². The summed E-state index contributed by atoms with van der Waals surface area (Å²) in [4.78, 5) is 10.8. The van der Waals surface area contributed by atoms with Crippen molar-refractivity contribution in [2.75, 3.05) is 0 Å². The number of hydrogen-bond acceptors (Lipinski definition) is 1. The van der Waals surface area contributed by atoms with E-state index in [-0.39, 0.29) is 11.6 Å². The highest BCUT2D eigenvalue weighted by atomic mass is 35.5. The molecule has 0 bridgehead atoms. The monoisotopic (exact) mass is 271 g/mol. The number of alkyl halides is 3. The van der Waals surface area contributed by atoms with Gasteiger partial charge in [-0.15, -0.1) is 0 Å². The van der Waals surface area contributed by atoms with E-state index in [0.717, 1.165) is 17.8 Å². The molecule has 0 aromatic carbocycles. The summed E-state index contributed by atoms with van der Waals surface area (Å²) in [7, 11) is 0. The Labute approximate surface area is 99.3 Å². The molecule has 0 saturated carbocycles. The third kappa shape index (κ3) is 3.28. The molecule has 0 unspecified atom stereocenters. The Morgan fingerprint density at radius 1 is 1.50 bits per heavy atom. The predicted molar refractivity (Wildman–Crippen MR) is 54.6 cm³/mol. The van der Waals surface area contributed by atoms with E-state index >= 15 is 0 Å². The van der Waals surface area contributed by atoms with Crippen molar-refractivity contribution >= 4 is 29.0 Å². The van der Waals surface area contributed by atoms with Crippen molar-refractivity contribution in [2.45, 2.75) is 12.7 Å². The van der Waals surface area contributed by atoms with Crippen LogP contribution in [0.15, 0.2) is 29.0 Å². The Hall–Kier alpha value is -0.940. The smallest absolute Gasteiger partial charge is 0.348 e. The fourth-order valence-electron chi connectivity index (χ4n) is 1.05. The highest BCUT2D eigenvalue weighted by Crippen LogP contribution is 2.21. The van der Waals surface area contributed by atoms with Gasteiger partial charge in [-0.05, 0) is 6.07 Å². The average Bonchev–Trinajstić information content (AvgIpc) is 2.63. The first-order valence-corrected chi connectivity index (χ1v) is 4.88. The van der Waals surface area contributed by atoms with Gasteiger partial charge < -0.3 is 4.57 Å². The van der Waals surface area contributed by atoms with E-state index in [4.69, 9.17) is 23.2 Å². The van der Waals surface area contributed by atoms with Gasteiger partial charge in [-0.3, -0.25) is 4.79 Å². The number of ketones is 1. The van der Waals surface area contributed by atoms with Gasteiger partial charge in [0.1, 0.15) is 0 Å². The minimum Gasteiger partial charge on any atom is -0.348 e. The number of nitrogens with zero attached hydrogens (tertiary/aromatic N) is 1. The van der Waals surface area contributed by atoms with Gasteiger partial charge in [-0.1, -0.05) is 23.2 Å². The second-order valence-electron chi connectivity index (χ2n) is 2.96. The zero-order valence-corrected chi connectivity index (χ0v) is 9.27. The van der Waals surface area contributed by atoms with Gasteiger partial charge in [-0.25, -0.2) is 0 Å². The van der Waals surface area contributed by atoms with E-state index in [1.165, 1.54) is 10.8 Å². The molecular formula is C9H6Cl2F3NO. The average molecular weight is 272 g/mol. The van der Waals surface area contributed by atoms with Crippen LogP contribution in [0.5, 0.6) is 0 Å². The Morgan fingerprint density at radius 3 is 2.62 bits per heavy atom. The van der Waals surface area contributed by atoms with Crippen LogP contribution in [0.2, 0.25) is 0 Å². The minimum absolute atomic E-state index is 0.121. The summed E-state index contributed by atoms with van der Waals surface area (Å²) in [6.07, 6.45) is -2.47. The maximum Gasteiger partial charge on any atom is 0.454 e. The van der Waals surface area contributed by atoms with Gasteiger partial charge in [0.25, 0.3) is 5.78 Å². The van der Waals surface area contributed by atoms with Crippen LogP contribution in [0.3, 0.4) is 0 Å². The molecule has 0 radical (unpaired) electrons. The lowest BCUT2D eigenvalue weighted by atomic mass is 10.2. The maximum atomic E-state index is 12.1. The zero-order chi connectivity index (χ0) is 12.3. The summed E-state index contributed by atoms with van der Waals surface area (Å²) in [5.41, 5.74) is 0.679. The number of carbonyl (C=O) groups excluding carboxylic acids is 1. The number of hydrogen-bond donors (Lipinski definition) is 0. The van der Waals surface area contributed by atoms with Gasteiger partial charge in [-0.2, -0.15) is 13.2 Å². The molecule has 0 aliphatic rings. The van der Waals surface area contributed by atoms with Crippen LogP contribution in [0.25, 0.3) is 0 Å². The first kappa shape index (κ1) is 13.1. The first-order valence-electron chi connectivity index (χ1n) is 4.06. The minimum atomic E-state index is -4.86. The standard InChI is InChI=1S/C9H6Cl2F3NO/c10-3-7(11)5-15-2-1-6(4-15)8(16)9(12,13)14/h1-4H,5H2/b7-3-. The topological polar surface area (TPSA) is 22.0 Å². The molecule has 0 atom stereocenters. The van der Waals surface area contributed by atoms with Crippen LogP contribution < -0.4 is 0 Å². The van der Waals surface area contributed by atoms with Crippen molar-refractivity contribution < 1.29 is 18.0 Å². The summed E-state index contributed by atoms with van der Waals surface area (Å²) in [6.45, 7) is 0.121. The Morgan fingerprint density at radius 2 is 2.12 bits per heavy atom. The normalized spacial score (nSPS) is 12.9. The third-order valence-electron chi connectivity index (χ3n) is 1.72. The highest BCUT2D eigenvalue weighted by Gasteiger charge is 2.39.